The number of carbonyl (C=O) groups is 1. The number of carbonyl (C=O) groups excluding carboxylic acids is 1. The molecule has 6 heteroatoms. The van der Waals surface area contributed by atoms with Crippen LogP contribution in [0.5, 0.6) is 0 Å². The van der Waals surface area contributed by atoms with Crippen molar-refractivity contribution in [3.05, 3.63) is 76.6 Å². The second-order valence-corrected chi connectivity index (χ2v) is 6.07. The zero-order valence-corrected chi connectivity index (χ0v) is 14.6. The molecule has 0 spiro atoms. The van der Waals surface area contributed by atoms with Crippen molar-refractivity contribution in [1.29, 1.82) is 0 Å². The summed E-state index contributed by atoms with van der Waals surface area (Å²) in [7, 11) is 0. The second-order valence-electron chi connectivity index (χ2n) is 5.63. The molecule has 1 amide bonds. The molecule has 0 aliphatic heterocycles. The van der Waals surface area contributed by atoms with E-state index >= 15 is 0 Å². The van der Waals surface area contributed by atoms with Gasteiger partial charge in [-0.15, -0.1) is 0 Å². The first-order chi connectivity index (χ1) is 12.0. The Labute approximate surface area is 151 Å². The molecule has 1 aromatic heterocycles. The number of nitrogens with one attached hydrogen (secondary N) is 2. The molecule has 0 aliphatic carbocycles. The maximum atomic E-state index is 12.4. The molecule has 0 fully saturated rings. The molecule has 2 aromatic carbocycles. The molecule has 5 nitrogen and oxygen atoms in total. The molecule has 0 atom stereocenters. The largest absolute Gasteiger partial charge is 0.324 e. The van der Waals surface area contributed by atoms with E-state index in [0.29, 0.717) is 16.5 Å². The van der Waals surface area contributed by atoms with E-state index in [4.69, 9.17) is 11.6 Å². The maximum absolute atomic E-state index is 12.4. The normalized spacial score (nSPS) is 10.4. The maximum Gasteiger partial charge on any atom is 0.258 e. The van der Waals surface area contributed by atoms with Crippen molar-refractivity contribution >= 4 is 34.8 Å². The first-order valence-electron chi connectivity index (χ1n) is 7.75. The van der Waals surface area contributed by atoms with Crippen molar-refractivity contribution in [2.24, 2.45) is 0 Å². The highest BCUT2D eigenvalue weighted by Crippen LogP contribution is 2.20. The topological polar surface area (TPSA) is 66.9 Å². The van der Waals surface area contributed by atoms with Gasteiger partial charge in [-0.1, -0.05) is 29.8 Å². The summed E-state index contributed by atoms with van der Waals surface area (Å²) in [6.07, 6.45) is 2.97. The van der Waals surface area contributed by atoms with Crippen LogP contribution in [-0.4, -0.2) is 15.9 Å². The fourth-order valence-electron chi connectivity index (χ4n) is 2.29. The highest BCUT2D eigenvalue weighted by Gasteiger charge is 2.10. The van der Waals surface area contributed by atoms with Gasteiger partial charge in [0.05, 0.1) is 5.56 Å². The zero-order chi connectivity index (χ0) is 17.8. The summed E-state index contributed by atoms with van der Waals surface area (Å²) in [5.41, 5.74) is 4.11. The van der Waals surface area contributed by atoms with Gasteiger partial charge in [-0.25, -0.2) is 9.97 Å². The predicted octanol–water partition coefficient (Wildman–Crippen LogP) is 4.74. The SMILES string of the molecule is Cc1cccc(NC(=O)c2cnc(Nc3cccc(Cl)c3)nc2)c1C. The fourth-order valence-corrected chi connectivity index (χ4v) is 2.48. The monoisotopic (exact) mass is 352 g/mol. The standard InChI is InChI=1S/C19H17ClN4O/c1-12-5-3-8-17(13(12)2)24-18(25)14-10-21-19(22-11-14)23-16-7-4-6-15(20)9-16/h3-11H,1-2H3,(H,24,25)(H,21,22,23). The molecule has 0 aliphatic rings. The van der Waals surface area contributed by atoms with Crippen LogP contribution in [0.25, 0.3) is 0 Å². The van der Waals surface area contributed by atoms with Crippen LogP contribution in [0.1, 0.15) is 21.5 Å². The first kappa shape index (κ1) is 16.9. The predicted molar refractivity (Wildman–Crippen MR) is 101 cm³/mol. The van der Waals surface area contributed by atoms with Crippen LogP contribution < -0.4 is 10.6 Å². The minimum absolute atomic E-state index is 0.247. The molecule has 126 valence electrons. The number of rotatable bonds is 4. The molecule has 3 rings (SSSR count). The third-order valence-corrected chi connectivity index (χ3v) is 4.08. The lowest BCUT2D eigenvalue weighted by Crippen LogP contribution is -2.14. The fraction of sp³-hybridized carbons (Fsp3) is 0.105. The van der Waals surface area contributed by atoms with Crippen LogP contribution in [0.4, 0.5) is 17.3 Å². The summed E-state index contributed by atoms with van der Waals surface area (Å²) in [6.45, 7) is 3.98. The number of halogens is 1. The Morgan fingerprint density at radius 3 is 2.48 bits per heavy atom. The van der Waals surface area contributed by atoms with Gasteiger partial charge in [0.15, 0.2) is 0 Å². The average Bonchev–Trinajstić information content (AvgIpc) is 2.59. The van der Waals surface area contributed by atoms with Crippen molar-refractivity contribution in [3.8, 4) is 0 Å². The smallest absolute Gasteiger partial charge is 0.258 e. The molecule has 0 saturated heterocycles. The van der Waals surface area contributed by atoms with Gasteiger partial charge in [0.2, 0.25) is 5.95 Å². The summed E-state index contributed by atoms with van der Waals surface area (Å²) >= 11 is 5.94. The molecule has 25 heavy (non-hydrogen) atoms. The Balaban J connectivity index is 1.71. The van der Waals surface area contributed by atoms with Gasteiger partial charge in [0.1, 0.15) is 0 Å². The molecule has 1 heterocycles. The molecule has 0 unspecified atom stereocenters. The van der Waals surface area contributed by atoms with Gasteiger partial charge < -0.3 is 10.6 Å². The van der Waals surface area contributed by atoms with Crippen LogP contribution in [-0.2, 0) is 0 Å². The molecule has 3 aromatic rings. The molecule has 2 N–H and O–H groups in total. The second kappa shape index (κ2) is 7.32. The number of hydrogen-bond acceptors (Lipinski definition) is 4. The molecule has 0 saturated carbocycles. The van der Waals surface area contributed by atoms with E-state index < -0.39 is 0 Å². The van der Waals surface area contributed by atoms with Gasteiger partial charge in [0.25, 0.3) is 5.91 Å². The summed E-state index contributed by atoms with van der Waals surface area (Å²) in [5, 5.41) is 6.55. The number of nitrogens with zero attached hydrogens (tertiary/aromatic N) is 2. The minimum atomic E-state index is -0.247. The summed E-state index contributed by atoms with van der Waals surface area (Å²) in [5.74, 6) is 0.147. The Morgan fingerprint density at radius 2 is 1.76 bits per heavy atom. The number of benzene rings is 2. The number of aryl methyl sites for hydroxylation is 1. The lowest BCUT2D eigenvalue weighted by atomic mass is 10.1. The van der Waals surface area contributed by atoms with Crippen molar-refractivity contribution in [2.45, 2.75) is 13.8 Å². The quantitative estimate of drug-likeness (QED) is 0.711. The minimum Gasteiger partial charge on any atom is -0.324 e. The van der Waals surface area contributed by atoms with Gasteiger partial charge in [-0.3, -0.25) is 4.79 Å². The first-order valence-corrected chi connectivity index (χ1v) is 8.13. The lowest BCUT2D eigenvalue weighted by Gasteiger charge is -2.10. The number of aromatic nitrogens is 2. The van der Waals surface area contributed by atoms with Gasteiger partial charge in [-0.2, -0.15) is 0 Å². The van der Waals surface area contributed by atoms with Crippen molar-refractivity contribution < 1.29 is 4.79 Å². The van der Waals surface area contributed by atoms with Gasteiger partial charge >= 0.3 is 0 Å². The third-order valence-electron chi connectivity index (χ3n) is 3.85. The number of anilines is 3. The van der Waals surface area contributed by atoms with E-state index in [0.717, 1.165) is 22.5 Å². The number of amides is 1. The van der Waals surface area contributed by atoms with E-state index in [-0.39, 0.29) is 5.91 Å². The van der Waals surface area contributed by atoms with Crippen molar-refractivity contribution in [1.82, 2.24) is 9.97 Å². The van der Waals surface area contributed by atoms with Crippen LogP contribution >= 0.6 is 11.6 Å². The Bertz CT molecular complexity index is 910. The van der Waals surface area contributed by atoms with E-state index in [1.807, 2.05) is 44.2 Å². The molecule has 0 radical (unpaired) electrons. The zero-order valence-electron chi connectivity index (χ0n) is 13.9. The molecular formula is C19H17ClN4O. The number of hydrogen-bond donors (Lipinski definition) is 2. The Kier molecular flexibility index (Phi) is 4.95. The molecule has 0 bridgehead atoms. The summed E-state index contributed by atoms with van der Waals surface area (Å²) in [6, 6.07) is 13.0. The highest BCUT2D eigenvalue weighted by atomic mass is 35.5. The average molecular weight is 353 g/mol. The van der Waals surface area contributed by atoms with Crippen LogP contribution in [0.3, 0.4) is 0 Å². The third kappa shape index (κ3) is 4.14. The van der Waals surface area contributed by atoms with Crippen LogP contribution in [0, 0.1) is 13.8 Å². The van der Waals surface area contributed by atoms with E-state index in [1.54, 1.807) is 12.1 Å². The van der Waals surface area contributed by atoms with Crippen molar-refractivity contribution in [3.63, 3.8) is 0 Å². The van der Waals surface area contributed by atoms with Crippen molar-refractivity contribution in [2.75, 3.05) is 10.6 Å². The molecular weight excluding hydrogens is 336 g/mol. The van der Waals surface area contributed by atoms with Gasteiger partial charge in [0, 0.05) is 28.8 Å². The van der Waals surface area contributed by atoms with Gasteiger partial charge in [-0.05, 0) is 49.2 Å². The lowest BCUT2D eigenvalue weighted by molar-refractivity contribution is 0.102. The highest BCUT2D eigenvalue weighted by molar-refractivity contribution is 6.30. The Hall–Kier alpha value is -2.92. The van der Waals surface area contributed by atoms with E-state index in [9.17, 15) is 4.79 Å². The van der Waals surface area contributed by atoms with Crippen LogP contribution in [0.15, 0.2) is 54.9 Å². The van der Waals surface area contributed by atoms with E-state index in [1.165, 1.54) is 12.4 Å². The van der Waals surface area contributed by atoms with E-state index in [2.05, 4.69) is 20.6 Å². The van der Waals surface area contributed by atoms with Crippen LogP contribution in [0.2, 0.25) is 5.02 Å². The summed E-state index contributed by atoms with van der Waals surface area (Å²) < 4.78 is 0. The summed E-state index contributed by atoms with van der Waals surface area (Å²) in [4.78, 5) is 20.7. The Morgan fingerprint density at radius 1 is 1.04 bits per heavy atom.